The van der Waals surface area contributed by atoms with Gasteiger partial charge in [-0.25, -0.2) is 0 Å². The summed E-state index contributed by atoms with van der Waals surface area (Å²) in [6, 6.07) is 0. The molecule has 0 radical (unpaired) electrons. The number of nitrogens with two attached hydrogens (primary N) is 1. The third-order valence-corrected chi connectivity index (χ3v) is 4.90. The summed E-state index contributed by atoms with van der Waals surface area (Å²) >= 11 is 0. The van der Waals surface area contributed by atoms with Crippen LogP contribution >= 0.6 is 0 Å². The van der Waals surface area contributed by atoms with Gasteiger partial charge in [0.05, 0.1) is 0 Å². The standard InChI is InChI=1S/C9H16F3NOS/c10-9(11,12)8(5-6-13)15(14)7-3-1-2-4-7/h7-8H,1-6,13H2. The molecular formula is C9H16F3NOS. The summed E-state index contributed by atoms with van der Waals surface area (Å²) in [7, 11) is -1.81. The molecule has 1 aliphatic carbocycles. The van der Waals surface area contributed by atoms with Crippen molar-refractivity contribution < 1.29 is 17.4 Å². The molecule has 2 N–H and O–H groups in total. The summed E-state index contributed by atoms with van der Waals surface area (Å²) < 4.78 is 49.4. The average Bonchev–Trinajstić information content (AvgIpc) is 2.63. The Morgan fingerprint density at radius 3 is 2.27 bits per heavy atom. The van der Waals surface area contributed by atoms with Crippen LogP contribution in [0.25, 0.3) is 0 Å². The smallest absolute Gasteiger partial charge is 0.330 e. The third kappa shape index (κ3) is 3.45. The number of hydrogen-bond donors (Lipinski definition) is 1. The van der Waals surface area contributed by atoms with Crippen molar-refractivity contribution in [3.05, 3.63) is 0 Å². The average molecular weight is 243 g/mol. The Morgan fingerprint density at radius 1 is 1.33 bits per heavy atom. The highest BCUT2D eigenvalue weighted by Crippen LogP contribution is 2.33. The lowest BCUT2D eigenvalue weighted by Crippen LogP contribution is -2.38. The predicted molar refractivity (Wildman–Crippen MR) is 53.9 cm³/mol. The SMILES string of the molecule is NCCC(S(=O)C1CCCC1)C(F)(F)F. The van der Waals surface area contributed by atoms with Crippen LogP contribution in [0.15, 0.2) is 0 Å². The molecule has 0 aromatic carbocycles. The van der Waals surface area contributed by atoms with E-state index in [9.17, 15) is 17.4 Å². The second-order valence-electron chi connectivity index (χ2n) is 3.84. The van der Waals surface area contributed by atoms with E-state index in [4.69, 9.17) is 5.73 Å². The van der Waals surface area contributed by atoms with Crippen LogP contribution in [0.4, 0.5) is 13.2 Å². The van der Waals surface area contributed by atoms with E-state index in [1.807, 2.05) is 0 Å². The third-order valence-electron chi connectivity index (χ3n) is 2.71. The van der Waals surface area contributed by atoms with Gasteiger partial charge in [0.1, 0.15) is 5.25 Å². The second-order valence-corrected chi connectivity index (χ2v) is 5.74. The highest BCUT2D eigenvalue weighted by molar-refractivity contribution is 7.86. The van der Waals surface area contributed by atoms with Gasteiger partial charge in [0.2, 0.25) is 0 Å². The minimum Gasteiger partial charge on any atom is -0.330 e. The van der Waals surface area contributed by atoms with Gasteiger partial charge in [-0.2, -0.15) is 13.2 Å². The van der Waals surface area contributed by atoms with Gasteiger partial charge >= 0.3 is 6.18 Å². The van der Waals surface area contributed by atoms with E-state index in [-0.39, 0.29) is 18.2 Å². The molecule has 1 aliphatic rings. The van der Waals surface area contributed by atoms with Crippen molar-refractivity contribution in [1.82, 2.24) is 0 Å². The minimum atomic E-state index is -4.38. The lowest BCUT2D eigenvalue weighted by Gasteiger charge is -2.22. The zero-order chi connectivity index (χ0) is 11.5. The lowest BCUT2D eigenvalue weighted by molar-refractivity contribution is -0.130. The monoisotopic (exact) mass is 243 g/mol. The van der Waals surface area contributed by atoms with E-state index in [1.54, 1.807) is 0 Å². The van der Waals surface area contributed by atoms with Crippen LogP contribution in [0.1, 0.15) is 32.1 Å². The van der Waals surface area contributed by atoms with Crippen molar-refractivity contribution in [2.45, 2.75) is 48.8 Å². The second kappa shape index (κ2) is 5.30. The highest BCUT2D eigenvalue weighted by Gasteiger charge is 2.45. The molecule has 0 aliphatic heterocycles. The first-order valence-corrected chi connectivity index (χ1v) is 6.40. The van der Waals surface area contributed by atoms with Crippen LogP contribution in [0.2, 0.25) is 0 Å². The van der Waals surface area contributed by atoms with E-state index in [0.717, 1.165) is 12.8 Å². The topological polar surface area (TPSA) is 43.1 Å². The van der Waals surface area contributed by atoms with Crippen molar-refractivity contribution in [2.24, 2.45) is 5.73 Å². The van der Waals surface area contributed by atoms with Gasteiger partial charge in [-0.3, -0.25) is 4.21 Å². The van der Waals surface area contributed by atoms with Gasteiger partial charge in [0, 0.05) is 16.0 Å². The summed E-state index contributed by atoms with van der Waals surface area (Å²) in [4.78, 5) is 0. The fraction of sp³-hybridized carbons (Fsp3) is 1.00. The van der Waals surface area contributed by atoms with Gasteiger partial charge in [0.25, 0.3) is 0 Å². The van der Waals surface area contributed by atoms with Crippen molar-refractivity contribution in [2.75, 3.05) is 6.54 Å². The fourth-order valence-corrected chi connectivity index (χ4v) is 3.81. The summed E-state index contributed by atoms with van der Waals surface area (Å²) in [5, 5.41) is -2.01. The molecule has 0 saturated heterocycles. The molecule has 6 heteroatoms. The summed E-state index contributed by atoms with van der Waals surface area (Å²) in [5.41, 5.74) is 5.13. The summed E-state index contributed by atoms with van der Waals surface area (Å²) in [6.07, 6.45) is -1.51. The molecule has 1 saturated carbocycles. The molecule has 0 bridgehead atoms. The molecule has 1 fully saturated rings. The molecule has 0 heterocycles. The Balaban J connectivity index is 2.66. The molecule has 0 amide bonds. The van der Waals surface area contributed by atoms with E-state index >= 15 is 0 Å². The zero-order valence-corrected chi connectivity index (χ0v) is 9.24. The summed E-state index contributed by atoms with van der Waals surface area (Å²) in [5.74, 6) is 0. The van der Waals surface area contributed by atoms with Crippen LogP contribution in [0, 0.1) is 0 Å². The van der Waals surface area contributed by atoms with Crippen molar-refractivity contribution in [3.63, 3.8) is 0 Å². The van der Waals surface area contributed by atoms with E-state index < -0.39 is 22.2 Å². The maximum absolute atomic E-state index is 12.6. The first-order valence-electron chi connectivity index (χ1n) is 5.13. The molecule has 0 aromatic heterocycles. The van der Waals surface area contributed by atoms with Gasteiger partial charge in [-0.05, 0) is 25.8 Å². The largest absolute Gasteiger partial charge is 0.403 e. The van der Waals surface area contributed by atoms with Crippen molar-refractivity contribution in [3.8, 4) is 0 Å². The van der Waals surface area contributed by atoms with E-state index in [2.05, 4.69) is 0 Å². The molecule has 2 unspecified atom stereocenters. The van der Waals surface area contributed by atoms with Crippen LogP contribution < -0.4 is 5.73 Å². The first kappa shape index (κ1) is 13.0. The quantitative estimate of drug-likeness (QED) is 0.820. The molecule has 0 aromatic rings. The Bertz CT molecular complexity index is 226. The lowest BCUT2D eigenvalue weighted by atomic mass is 10.3. The Labute approximate surface area is 89.9 Å². The van der Waals surface area contributed by atoms with Crippen LogP contribution in [0.5, 0.6) is 0 Å². The first-order chi connectivity index (χ1) is 6.96. The molecule has 2 atom stereocenters. The van der Waals surface area contributed by atoms with Crippen molar-refractivity contribution >= 4 is 10.8 Å². The Hall–Kier alpha value is -0.100. The number of rotatable bonds is 4. The van der Waals surface area contributed by atoms with Gasteiger partial charge in [0.15, 0.2) is 0 Å². The molecule has 2 nitrogen and oxygen atoms in total. The minimum absolute atomic E-state index is 0.0668. The zero-order valence-electron chi connectivity index (χ0n) is 8.43. The van der Waals surface area contributed by atoms with Crippen LogP contribution in [-0.4, -0.2) is 27.4 Å². The number of alkyl halides is 3. The normalized spacial score (nSPS) is 22.9. The van der Waals surface area contributed by atoms with Crippen LogP contribution in [-0.2, 0) is 10.8 Å². The molecule has 15 heavy (non-hydrogen) atoms. The molecule has 1 rings (SSSR count). The highest BCUT2D eigenvalue weighted by atomic mass is 32.2. The number of halogens is 3. The molecule has 0 spiro atoms. The van der Waals surface area contributed by atoms with Crippen molar-refractivity contribution in [1.29, 1.82) is 0 Å². The van der Waals surface area contributed by atoms with E-state index in [0.29, 0.717) is 12.8 Å². The molecule has 90 valence electrons. The maximum Gasteiger partial charge on any atom is 0.403 e. The maximum atomic E-state index is 12.6. The predicted octanol–water partition coefficient (Wildman–Crippen LogP) is 1.96. The summed E-state index contributed by atoms with van der Waals surface area (Å²) in [6.45, 7) is -0.0668. The van der Waals surface area contributed by atoms with E-state index in [1.165, 1.54) is 0 Å². The van der Waals surface area contributed by atoms with Gasteiger partial charge < -0.3 is 5.73 Å². The fourth-order valence-electron chi connectivity index (χ4n) is 1.92. The Morgan fingerprint density at radius 2 is 1.87 bits per heavy atom. The van der Waals surface area contributed by atoms with Gasteiger partial charge in [-0.1, -0.05) is 12.8 Å². The van der Waals surface area contributed by atoms with Gasteiger partial charge in [-0.15, -0.1) is 0 Å². The number of hydrogen-bond acceptors (Lipinski definition) is 2. The molecular weight excluding hydrogens is 227 g/mol. The van der Waals surface area contributed by atoms with Crippen LogP contribution in [0.3, 0.4) is 0 Å². The Kier molecular flexibility index (Phi) is 4.58.